The number of amides is 1. The van der Waals surface area contributed by atoms with Crippen molar-refractivity contribution in [1.29, 1.82) is 0 Å². The van der Waals surface area contributed by atoms with Gasteiger partial charge in [-0.2, -0.15) is 0 Å². The number of carbonyl (C=O) groups is 2. The fraction of sp³-hybridized carbons (Fsp3) is 0.857. The maximum atomic E-state index is 11.8. The van der Waals surface area contributed by atoms with Crippen molar-refractivity contribution in [1.82, 2.24) is 10.6 Å². The minimum atomic E-state index is -1.03. The smallest absolute Gasteiger partial charge is 0.323 e. The molecule has 0 saturated heterocycles. The predicted molar refractivity (Wildman–Crippen MR) is 74.0 cm³/mol. The van der Waals surface area contributed by atoms with Gasteiger partial charge in [0.15, 0.2) is 0 Å². The lowest BCUT2D eigenvalue weighted by Crippen LogP contribution is -2.53. The summed E-state index contributed by atoms with van der Waals surface area (Å²) in [5.74, 6) is -1.02. The molecule has 1 aliphatic rings. The summed E-state index contributed by atoms with van der Waals surface area (Å²) in [7, 11) is 0. The Bertz CT molecular complexity index is 312. The molecule has 5 nitrogen and oxygen atoms in total. The summed E-state index contributed by atoms with van der Waals surface area (Å²) in [6.45, 7) is 3.46. The second kappa shape index (κ2) is 7.48. The number of aliphatic carboxylic acids is 1. The van der Waals surface area contributed by atoms with Crippen molar-refractivity contribution in [3.63, 3.8) is 0 Å². The van der Waals surface area contributed by atoms with Crippen LogP contribution >= 0.6 is 0 Å². The van der Waals surface area contributed by atoms with E-state index in [-0.39, 0.29) is 18.5 Å². The Hall–Kier alpha value is -1.10. The first kappa shape index (κ1) is 16.0. The topological polar surface area (TPSA) is 78.4 Å². The average Bonchev–Trinajstić information content (AvgIpc) is 2.64. The molecule has 1 unspecified atom stereocenters. The Morgan fingerprint density at radius 2 is 1.79 bits per heavy atom. The molecule has 1 fully saturated rings. The zero-order valence-electron chi connectivity index (χ0n) is 12.0. The first-order chi connectivity index (χ1) is 8.98. The van der Waals surface area contributed by atoms with Gasteiger partial charge >= 0.3 is 5.97 Å². The van der Waals surface area contributed by atoms with Crippen LogP contribution in [0.4, 0.5) is 0 Å². The Balaban J connectivity index is 2.36. The highest BCUT2D eigenvalue weighted by molar-refractivity contribution is 5.82. The maximum Gasteiger partial charge on any atom is 0.323 e. The zero-order chi connectivity index (χ0) is 14.3. The van der Waals surface area contributed by atoms with Crippen LogP contribution < -0.4 is 10.6 Å². The Labute approximate surface area is 115 Å². The van der Waals surface area contributed by atoms with Crippen molar-refractivity contribution in [2.45, 2.75) is 70.4 Å². The van der Waals surface area contributed by atoms with Crippen molar-refractivity contribution in [2.24, 2.45) is 0 Å². The highest BCUT2D eigenvalue weighted by Gasteiger charge is 2.31. The van der Waals surface area contributed by atoms with Gasteiger partial charge in [-0.05, 0) is 26.2 Å². The van der Waals surface area contributed by atoms with Gasteiger partial charge in [-0.3, -0.25) is 14.9 Å². The Kier molecular flexibility index (Phi) is 6.28. The number of hydrogen-bond donors (Lipinski definition) is 3. The molecule has 3 N–H and O–H groups in total. The molecule has 0 aromatic rings. The van der Waals surface area contributed by atoms with Gasteiger partial charge in [-0.1, -0.05) is 32.6 Å². The largest absolute Gasteiger partial charge is 0.480 e. The molecule has 1 atom stereocenters. The van der Waals surface area contributed by atoms with Crippen LogP contribution in [0.2, 0.25) is 0 Å². The second-order valence-corrected chi connectivity index (χ2v) is 5.60. The van der Waals surface area contributed by atoms with Gasteiger partial charge in [0.25, 0.3) is 0 Å². The number of nitrogens with one attached hydrogen (secondary N) is 2. The lowest BCUT2D eigenvalue weighted by atomic mass is 9.99. The molecular formula is C14H26N2O3. The van der Waals surface area contributed by atoms with Crippen LogP contribution in [0.25, 0.3) is 0 Å². The fourth-order valence-corrected chi connectivity index (χ4v) is 2.33. The van der Waals surface area contributed by atoms with E-state index in [0.717, 1.165) is 12.8 Å². The van der Waals surface area contributed by atoms with Crippen LogP contribution in [0.3, 0.4) is 0 Å². The standard InChI is InChI=1S/C14H26N2O3/c1-3-14(2,13(18)19)15-10-12(17)16-11-8-6-4-5-7-9-11/h11,15H,3-10H2,1-2H3,(H,16,17)(H,18,19). The summed E-state index contributed by atoms with van der Waals surface area (Å²) in [6, 6.07) is 0.259. The van der Waals surface area contributed by atoms with E-state index in [1.54, 1.807) is 13.8 Å². The summed E-state index contributed by atoms with van der Waals surface area (Å²) in [4.78, 5) is 22.9. The molecule has 0 heterocycles. The summed E-state index contributed by atoms with van der Waals surface area (Å²) < 4.78 is 0. The van der Waals surface area contributed by atoms with Crippen molar-refractivity contribution < 1.29 is 14.7 Å². The first-order valence-corrected chi connectivity index (χ1v) is 7.25. The van der Waals surface area contributed by atoms with Crippen LogP contribution in [-0.4, -0.2) is 35.1 Å². The summed E-state index contributed by atoms with van der Waals surface area (Å²) in [5, 5.41) is 14.9. The molecule has 1 aliphatic carbocycles. The fourth-order valence-electron chi connectivity index (χ4n) is 2.33. The van der Waals surface area contributed by atoms with Crippen LogP contribution in [0, 0.1) is 0 Å². The molecule has 19 heavy (non-hydrogen) atoms. The van der Waals surface area contributed by atoms with E-state index in [9.17, 15) is 9.59 Å². The zero-order valence-corrected chi connectivity index (χ0v) is 12.0. The van der Waals surface area contributed by atoms with Gasteiger partial charge in [-0.25, -0.2) is 0 Å². The van der Waals surface area contributed by atoms with Crippen molar-refractivity contribution >= 4 is 11.9 Å². The highest BCUT2D eigenvalue weighted by atomic mass is 16.4. The summed E-state index contributed by atoms with van der Waals surface area (Å²) in [6.07, 6.45) is 7.35. The van der Waals surface area contributed by atoms with Crippen LogP contribution in [-0.2, 0) is 9.59 Å². The number of carboxylic acids is 1. The molecule has 0 aromatic carbocycles. The van der Waals surface area contributed by atoms with E-state index >= 15 is 0 Å². The molecule has 0 aliphatic heterocycles. The van der Waals surface area contributed by atoms with E-state index in [1.807, 2.05) is 0 Å². The van der Waals surface area contributed by atoms with Gasteiger partial charge in [0.05, 0.1) is 6.54 Å². The molecule has 1 saturated carbocycles. The average molecular weight is 270 g/mol. The monoisotopic (exact) mass is 270 g/mol. The van der Waals surface area contributed by atoms with Gasteiger partial charge in [0.1, 0.15) is 5.54 Å². The lowest BCUT2D eigenvalue weighted by molar-refractivity contribution is -0.144. The summed E-state index contributed by atoms with van der Waals surface area (Å²) in [5.41, 5.74) is -1.03. The van der Waals surface area contributed by atoms with Crippen LogP contribution in [0.5, 0.6) is 0 Å². The molecule has 0 spiro atoms. The van der Waals surface area contributed by atoms with Crippen LogP contribution in [0.15, 0.2) is 0 Å². The molecule has 110 valence electrons. The quantitative estimate of drug-likeness (QED) is 0.642. The van der Waals surface area contributed by atoms with E-state index in [2.05, 4.69) is 10.6 Å². The van der Waals surface area contributed by atoms with Gasteiger partial charge in [0, 0.05) is 6.04 Å². The van der Waals surface area contributed by atoms with Gasteiger partial charge in [-0.15, -0.1) is 0 Å². The molecule has 1 rings (SSSR count). The third-order valence-corrected chi connectivity index (χ3v) is 4.04. The first-order valence-electron chi connectivity index (χ1n) is 7.25. The van der Waals surface area contributed by atoms with Gasteiger partial charge in [0.2, 0.25) is 5.91 Å². The van der Waals surface area contributed by atoms with Crippen molar-refractivity contribution in [3.8, 4) is 0 Å². The Morgan fingerprint density at radius 1 is 1.21 bits per heavy atom. The van der Waals surface area contributed by atoms with E-state index in [1.165, 1.54) is 25.7 Å². The number of hydrogen-bond acceptors (Lipinski definition) is 3. The highest BCUT2D eigenvalue weighted by Crippen LogP contribution is 2.17. The molecule has 1 amide bonds. The SMILES string of the molecule is CCC(C)(NCC(=O)NC1CCCCCC1)C(=O)O. The minimum absolute atomic E-state index is 0.0626. The molecule has 0 aromatic heterocycles. The third-order valence-electron chi connectivity index (χ3n) is 4.04. The number of rotatable bonds is 6. The van der Waals surface area contributed by atoms with E-state index in [4.69, 9.17) is 5.11 Å². The molecule has 0 radical (unpaired) electrons. The van der Waals surface area contributed by atoms with E-state index in [0.29, 0.717) is 6.42 Å². The van der Waals surface area contributed by atoms with Gasteiger partial charge < -0.3 is 10.4 Å². The molecular weight excluding hydrogens is 244 g/mol. The van der Waals surface area contributed by atoms with E-state index < -0.39 is 11.5 Å². The third kappa shape index (κ3) is 5.19. The normalized spacial score (nSPS) is 20.3. The molecule has 5 heteroatoms. The number of carboxylic acid groups (broad SMARTS) is 1. The molecule has 0 bridgehead atoms. The predicted octanol–water partition coefficient (Wildman–Crippen LogP) is 1.67. The van der Waals surface area contributed by atoms with Crippen LogP contribution in [0.1, 0.15) is 58.8 Å². The van der Waals surface area contributed by atoms with Crippen molar-refractivity contribution in [3.05, 3.63) is 0 Å². The maximum absolute atomic E-state index is 11.8. The van der Waals surface area contributed by atoms with Crippen molar-refractivity contribution in [2.75, 3.05) is 6.54 Å². The lowest BCUT2D eigenvalue weighted by Gasteiger charge is -2.25. The summed E-state index contributed by atoms with van der Waals surface area (Å²) >= 11 is 0. The minimum Gasteiger partial charge on any atom is -0.480 e. The number of carbonyl (C=O) groups excluding carboxylic acids is 1. The second-order valence-electron chi connectivity index (χ2n) is 5.60. The Morgan fingerprint density at radius 3 is 2.26 bits per heavy atom.